The van der Waals surface area contributed by atoms with Crippen molar-refractivity contribution in [3.05, 3.63) is 29.3 Å². The van der Waals surface area contributed by atoms with Gasteiger partial charge in [-0.1, -0.05) is 23.6 Å². The molecule has 4 aromatic rings. The number of fused-ring (bicyclic) bond motifs is 5. The molecule has 0 aliphatic carbocycles. The van der Waals surface area contributed by atoms with E-state index in [1.807, 2.05) is 0 Å². The van der Waals surface area contributed by atoms with E-state index in [2.05, 4.69) is 29.9 Å². The number of H-pyrrole nitrogens is 1. The largest absolute Gasteiger partial charge is 1.00 e. The molecule has 0 radical (unpaired) electrons. The summed E-state index contributed by atoms with van der Waals surface area (Å²) >= 11 is 10.0. The van der Waals surface area contributed by atoms with Gasteiger partial charge in [0.25, 0.3) is 5.56 Å². The molecule has 2 bridgehead atoms. The predicted molar refractivity (Wildman–Crippen MR) is 150 cm³/mol. The second-order valence-electron chi connectivity index (χ2n) is 10.0. The number of hydrogen-bond donors (Lipinski definition) is 3. The number of imidazole rings is 2. The van der Waals surface area contributed by atoms with E-state index in [0.717, 1.165) is 17.2 Å². The zero-order valence-electron chi connectivity index (χ0n) is 24.2. The summed E-state index contributed by atoms with van der Waals surface area (Å²) in [6.45, 7) is -10.7. The zero-order valence-corrected chi connectivity index (χ0v) is 31.6. The first kappa shape index (κ1) is 37.6. The Labute approximate surface area is 316 Å². The van der Waals surface area contributed by atoms with Gasteiger partial charge in [0.05, 0.1) is 25.9 Å². The first-order valence-corrected chi connectivity index (χ1v) is 18.0. The Hall–Kier alpha value is -0.660. The van der Waals surface area contributed by atoms with Crippen LogP contribution in [0.1, 0.15) is 12.5 Å². The molecule has 27 heteroatoms. The van der Waals surface area contributed by atoms with Gasteiger partial charge in [-0.2, -0.15) is 4.98 Å². The molecule has 0 aromatic carbocycles. The minimum Gasteiger partial charge on any atom is -0.780 e. The van der Waals surface area contributed by atoms with Crippen LogP contribution >= 0.6 is 13.4 Å². The van der Waals surface area contributed by atoms with Crippen LogP contribution in [-0.4, -0.2) is 89.0 Å². The van der Waals surface area contributed by atoms with E-state index in [-0.39, 0.29) is 93.2 Å². The van der Waals surface area contributed by atoms with Crippen molar-refractivity contribution in [3.8, 4) is 0 Å². The molecular formula is C20H20F2N10Na2O9P2S2. The molecule has 47 heavy (non-hydrogen) atoms. The number of halogens is 2. The van der Waals surface area contributed by atoms with Crippen LogP contribution in [0.2, 0.25) is 0 Å². The number of anilines is 2. The van der Waals surface area contributed by atoms with E-state index in [1.54, 1.807) is 0 Å². The van der Waals surface area contributed by atoms with Crippen molar-refractivity contribution < 1.29 is 105 Å². The predicted octanol–water partition coefficient (Wildman–Crippen LogP) is -7.41. The number of aromatic nitrogens is 8. The van der Waals surface area contributed by atoms with E-state index >= 15 is 8.78 Å². The van der Waals surface area contributed by atoms with Gasteiger partial charge in [-0.15, -0.1) is 0 Å². The number of nitrogens with two attached hydrogens (primary N) is 2. The Morgan fingerprint density at radius 3 is 2.15 bits per heavy atom. The maximum Gasteiger partial charge on any atom is 1.00 e. The summed E-state index contributed by atoms with van der Waals surface area (Å²) in [5.41, 5.74) is 10.8. The standard InChI is InChI=1S/C20H22F2N10O9P2S2.2Na/c21-8-6-1-36-42(34,44)40-12-7(39-18(9(12)22)31-4-27-10-14(23)25-3-26-15(10)31)2-37-43(35,45)41-13(8)19(38-6)32-5-28-11-16(32)29-20(24)30-17(11)33;;/h3-9,12-13,18-19H,1-2H2,(H,34,44)(H,35,45)(H2,23,25,26)(H3,24,29,30,33);;/q;2*+1/p-2/t6-,7-,8-,9+,12-,13-,18-,19-,42?,43?;;/m1../s1. The topological polar surface area (TPSA) is 261 Å². The number of alkyl halides is 2. The maximum atomic E-state index is 16.0. The van der Waals surface area contributed by atoms with Crippen LogP contribution in [0.25, 0.3) is 22.3 Å². The Bertz CT molecular complexity index is 1960. The molecule has 3 aliphatic heterocycles. The number of nitrogens with zero attached hydrogens (tertiary/aromatic N) is 7. The van der Waals surface area contributed by atoms with Crippen LogP contribution in [0.4, 0.5) is 20.5 Å². The average molecular weight is 754 g/mol. The molecular weight excluding hydrogens is 734 g/mol. The molecule has 242 valence electrons. The van der Waals surface area contributed by atoms with E-state index in [9.17, 15) is 14.6 Å². The van der Waals surface area contributed by atoms with Crippen LogP contribution in [-0.2, 0) is 51.2 Å². The minimum absolute atomic E-state index is 0. The third-order valence-corrected chi connectivity index (χ3v) is 10.3. The molecule has 5 N–H and O–H groups in total. The fourth-order valence-corrected chi connectivity index (χ4v) is 8.03. The van der Waals surface area contributed by atoms with Gasteiger partial charge in [0, 0.05) is 0 Å². The summed E-state index contributed by atoms with van der Waals surface area (Å²) < 4.78 is 67.1. The van der Waals surface area contributed by atoms with Gasteiger partial charge in [-0.05, 0) is 0 Å². The number of nitrogen functional groups attached to an aromatic ring is 2. The molecule has 7 rings (SSSR count). The third-order valence-electron chi connectivity index (χ3n) is 7.21. The van der Waals surface area contributed by atoms with Gasteiger partial charge in [-0.25, -0.2) is 28.7 Å². The fourth-order valence-electron chi connectivity index (χ4n) is 5.22. The van der Waals surface area contributed by atoms with Gasteiger partial charge >= 0.3 is 59.1 Å². The molecule has 0 spiro atoms. The average Bonchev–Trinajstić information content (AvgIpc) is 3.72. The maximum absolute atomic E-state index is 16.0. The van der Waals surface area contributed by atoms with Crippen molar-refractivity contribution in [2.75, 3.05) is 24.7 Å². The molecule has 3 saturated heterocycles. The second kappa shape index (κ2) is 14.2. The Morgan fingerprint density at radius 2 is 1.45 bits per heavy atom. The smallest absolute Gasteiger partial charge is 0.780 e. The Morgan fingerprint density at radius 1 is 0.851 bits per heavy atom. The van der Waals surface area contributed by atoms with Gasteiger partial charge in [0.15, 0.2) is 47.4 Å². The van der Waals surface area contributed by atoms with Crippen LogP contribution < -0.4 is 85.9 Å². The molecule has 19 nitrogen and oxygen atoms in total. The van der Waals surface area contributed by atoms with E-state index < -0.39 is 81.4 Å². The van der Waals surface area contributed by atoms with Gasteiger partial charge < -0.3 is 48.8 Å². The van der Waals surface area contributed by atoms with E-state index in [0.29, 0.717) is 0 Å². The van der Waals surface area contributed by atoms with Gasteiger partial charge in [0.1, 0.15) is 49.7 Å². The normalized spacial score (nSPS) is 36.1. The van der Waals surface area contributed by atoms with E-state index in [1.165, 1.54) is 10.9 Å². The summed E-state index contributed by atoms with van der Waals surface area (Å²) in [5, 5.41) is 0. The van der Waals surface area contributed by atoms with Crippen LogP contribution in [0.5, 0.6) is 0 Å². The molecule has 3 fully saturated rings. The summed E-state index contributed by atoms with van der Waals surface area (Å²) in [7, 11) is 0. The van der Waals surface area contributed by atoms with Crippen molar-refractivity contribution in [2.45, 2.75) is 49.2 Å². The quantitative estimate of drug-likeness (QED) is 0.127. The molecule has 0 amide bonds. The van der Waals surface area contributed by atoms with Crippen molar-refractivity contribution in [2.24, 2.45) is 0 Å². The molecule has 3 aliphatic rings. The summed E-state index contributed by atoms with van der Waals surface area (Å²) in [5.74, 6) is -0.252. The number of nitrogens with one attached hydrogen (secondary N) is 1. The SMILES string of the molecule is Nc1nc2c(ncn2[C@@H]2O[C@@H]3COP([O-])(=S)O[C@H]4[C@H](F)[C@H](n5cnc6c(N)ncnc65)O[C@@H]4COP([O-])(=S)O[C@@H]2[C@@H]3F)c(=O)[nH]1.[Na+].[Na+]. The number of rotatable bonds is 2. The van der Waals surface area contributed by atoms with Gasteiger partial charge in [0.2, 0.25) is 5.95 Å². The third kappa shape index (κ3) is 7.12. The summed E-state index contributed by atoms with van der Waals surface area (Å²) in [6.07, 6.45) is -10.3. The molecule has 7 heterocycles. The second-order valence-corrected chi connectivity index (χ2v) is 15.4. The molecule has 4 aromatic heterocycles. The van der Waals surface area contributed by atoms with Crippen molar-refractivity contribution >= 4 is 71.1 Å². The van der Waals surface area contributed by atoms with Crippen LogP contribution in [0.15, 0.2) is 23.8 Å². The first-order chi connectivity index (χ1) is 21.3. The van der Waals surface area contributed by atoms with Crippen LogP contribution in [0.3, 0.4) is 0 Å². The van der Waals surface area contributed by atoms with Crippen molar-refractivity contribution in [1.29, 1.82) is 0 Å². The first-order valence-electron chi connectivity index (χ1n) is 12.8. The van der Waals surface area contributed by atoms with Crippen molar-refractivity contribution in [1.82, 2.24) is 39.0 Å². The van der Waals surface area contributed by atoms with E-state index in [4.69, 9.17) is 62.6 Å². The number of aromatic amines is 1. The zero-order chi connectivity index (χ0) is 31.8. The number of hydrogen-bond acceptors (Lipinski definition) is 18. The summed E-state index contributed by atoms with van der Waals surface area (Å²) in [6, 6.07) is 0. The summed E-state index contributed by atoms with van der Waals surface area (Å²) in [4.78, 5) is 61.1. The van der Waals surface area contributed by atoms with Crippen molar-refractivity contribution in [3.63, 3.8) is 0 Å². The fraction of sp³-hybridized carbons (Fsp3) is 0.500. The van der Waals surface area contributed by atoms with Crippen LogP contribution in [0, 0.1) is 0 Å². The molecule has 0 saturated carbocycles. The minimum atomic E-state index is -4.61. The molecule has 2 unspecified atom stereocenters. The Balaban J connectivity index is 0.00000217. The molecule has 10 atom stereocenters. The Kier molecular flexibility index (Phi) is 11.3. The van der Waals surface area contributed by atoms with Gasteiger partial charge in [-0.3, -0.25) is 18.9 Å². The number of ether oxygens (including phenoxy) is 2. The monoisotopic (exact) mass is 754 g/mol.